The summed E-state index contributed by atoms with van der Waals surface area (Å²) in [6.45, 7) is 4.40. The molecular weight excluding hydrogens is 320 g/mol. The highest BCUT2D eigenvalue weighted by Crippen LogP contribution is 2.11. The first-order chi connectivity index (χ1) is 11.7. The average molecular weight is 350 g/mol. The first-order valence-electron chi connectivity index (χ1n) is 8.14. The second-order valence-corrected chi connectivity index (χ2v) is 4.89. The largest absolute Gasteiger partial charge is 0.463 e. The Labute approximate surface area is 143 Å². The van der Waals surface area contributed by atoms with Crippen LogP contribution in [0.2, 0.25) is 0 Å². The quantitative estimate of drug-likeness (QED) is 0.230. The highest BCUT2D eigenvalue weighted by molar-refractivity contribution is 5.94. The van der Waals surface area contributed by atoms with E-state index in [9.17, 15) is 9.59 Å². The van der Waals surface area contributed by atoms with Gasteiger partial charge in [-0.1, -0.05) is 13.3 Å². The van der Waals surface area contributed by atoms with Gasteiger partial charge in [-0.25, -0.2) is 0 Å². The number of rotatable bonds is 16. The molecule has 0 aromatic rings. The second kappa shape index (κ2) is 16.6. The van der Waals surface area contributed by atoms with Crippen LogP contribution < -0.4 is 0 Å². The van der Waals surface area contributed by atoms with Crippen LogP contribution >= 0.6 is 0 Å². The van der Waals surface area contributed by atoms with Crippen LogP contribution in [0.5, 0.6) is 0 Å². The van der Waals surface area contributed by atoms with E-state index in [4.69, 9.17) is 28.4 Å². The third-order valence-electron chi connectivity index (χ3n) is 2.95. The van der Waals surface area contributed by atoms with Crippen molar-refractivity contribution in [3.8, 4) is 0 Å². The topological polar surface area (TPSA) is 89.5 Å². The molecule has 0 spiro atoms. The molecule has 0 atom stereocenters. The SMILES string of the molecule is CCCC(C(=O)OCCOCCOC)C(=O)OCCOCCOC. The van der Waals surface area contributed by atoms with Crippen molar-refractivity contribution in [1.29, 1.82) is 0 Å². The normalized spacial score (nSPS) is 10.8. The lowest BCUT2D eigenvalue weighted by Crippen LogP contribution is -2.29. The molecule has 0 N–H and O–H groups in total. The van der Waals surface area contributed by atoms with Gasteiger partial charge >= 0.3 is 11.9 Å². The van der Waals surface area contributed by atoms with Crippen LogP contribution in [-0.4, -0.2) is 79.0 Å². The van der Waals surface area contributed by atoms with Gasteiger partial charge in [0, 0.05) is 14.2 Å². The minimum absolute atomic E-state index is 0.0934. The number of carbonyl (C=O) groups excluding carboxylic acids is 2. The molecule has 0 aliphatic heterocycles. The molecule has 0 saturated carbocycles. The van der Waals surface area contributed by atoms with E-state index in [-0.39, 0.29) is 26.4 Å². The summed E-state index contributed by atoms with van der Waals surface area (Å²) in [6, 6.07) is 0. The van der Waals surface area contributed by atoms with E-state index >= 15 is 0 Å². The van der Waals surface area contributed by atoms with Gasteiger partial charge in [-0.3, -0.25) is 9.59 Å². The van der Waals surface area contributed by atoms with Crippen molar-refractivity contribution in [3.05, 3.63) is 0 Å². The minimum Gasteiger partial charge on any atom is -0.463 e. The summed E-state index contributed by atoms with van der Waals surface area (Å²) < 4.78 is 30.2. The Bertz CT molecular complexity index is 293. The van der Waals surface area contributed by atoms with Crippen LogP contribution in [0, 0.1) is 5.92 Å². The van der Waals surface area contributed by atoms with Crippen molar-refractivity contribution in [2.24, 2.45) is 5.92 Å². The predicted octanol–water partition coefficient (Wildman–Crippen LogP) is 0.815. The zero-order valence-corrected chi connectivity index (χ0v) is 14.9. The number of hydrogen-bond acceptors (Lipinski definition) is 8. The molecule has 8 nitrogen and oxygen atoms in total. The lowest BCUT2D eigenvalue weighted by molar-refractivity contribution is -0.164. The zero-order valence-electron chi connectivity index (χ0n) is 14.9. The molecule has 0 aromatic heterocycles. The number of methoxy groups -OCH3 is 2. The van der Waals surface area contributed by atoms with E-state index in [0.29, 0.717) is 39.3 Å². The molecule has 142 valence electrons. The van der Waals surface area contributed by atoms with Crippen molar-refractivity contribution in [2.45, 2.75) is 19.8 Å². The fourth-order valence-electron chi connectivity index (χ4n) is 1.71. The van der Waals surface area contributed by atoms with Gasteiger partial charge in [-0.2, -0.15) is 0 Å². The zero-order chi connectivity index (χ0) is 18.0. The van der Waals surface area contributed by atoms with Gasteiger partial charge in [-0.05, 0) is 6.42 Å². The van der Waals surface area contributed by atoms with Gasteiger partial charge in [0.2, 0.25) is 0 Å². The van der Waals surface area contributed by atoms with Crippen molar-refractivity contribution >= 4 is 11.9 Å². The molecule has 24 heavy (non-hydrogen) atoms. The third-order valence-corrected chi connectivity index (χ3v) is 2.95. The van der Waals surface area contributed by atoms with Crippen LogP contribution in [0.1, 0.15) is 19.8 Å². The maximum Gasteiger partial charge on any atom is 0.320 e. The molecule has 0 unspecified atom stereocenters. The summed E-state index contributed by atoms with van der Waals surface area (Å²) in [5.41, 5.74) is 0. The first kappa shape index (κ1) is 22.8. The van der Waals surface area contributed by atoms with Gasteiger partial charge in [0.25, 0.3) is 0 Å². The molecule has 0 aromatic carbocycles. The van der Waals surface area contributed by atoms with Crippen molar-refractivity contribution in [1.82, 2.24) is 0 Å². The van der Waals surface area contributed by atoms with Crippen LogP contribution in [-0.2, 0) is 38.0 Å². The summed E-state index contributed by atoms with van der Waals surface area (Å²) in [6.07, 6.45) is 1.05. The second-order valence-electron chi connectivity index (χ2n) is 4.89. The molecule has 0 aliphatic carbocycles. The maximum atomic E-state index is 12.0. The Balaban J connectivity index is 3.97. The third kappa shape index (κ3) is 12.2. The van der Waals surface area contributed by atoms with E-state index in [0.717, 1.165) is 0 Å². The Morgan fingerprint density at radius 3 is 1.50 bits per heavy atom. The number of esters is 2. The minimum atomic E-state index is -0.909. The number of hydrogen-bond donors (Lipinski definition) is 0. The molecule has 0 rings (SSSR count). The summed E-state index contributed by atoms with van der Waals surface area (Å²) in [4.78, 5) is 24.0. The van der Waals surface area contributed by atoms with Crippen LogP contribution in [0.4, 0.5) is 0 Å². The van der Waals surface area contributed by atoms with E-state index in [2.05, 4.69) is 0 Å². The van der Waals surface area contributed by atoms with E-state index in [1.54, 1.807) is 14.2 Å². The number of ether oxygens (including phenoxy) is 6. The molecule has 0 bridgehead atoms. The van der Waals surface area contributed by atoms with Crippen molar-refractivity contribution < 1.29 is 38.0 Å². The monoisotopic (exact) mass is 350 g/mol. The average Bonchev–Trinajstić information content (AvgIpc) is 2.58. The van der Waals surface area contributed by atoms with Gasteiger partial charge in [0.15, 0.2) is 5.92 Å². The lowest BCUT2D eigenvalue weighted by atomic mass is 10.0. The summed E-state index contributed by atoms with van der Waals surface area (Å²) in [5, 5.41) is 0. The van der Waals surface area contributed by atoms with Crippen LogP contribution in [0.15, 0.2) is 0 Å². The molecule has 0 saturated heterocycles. The maximum absolute atomic E-state index is 12.0. The summed E-state index contributed by atoms with van der Waals surface area (Å²) in [5.74, 6) is -2.08. The van der Waals surface area contributed by atoms with E-state index in [1.807, 2.05) is 6.92 Å². The van der Waals surface area contributed by atoms with Gasteiger partial charge in [0.1, 0.15) is 13.2 Å². The molecular formula is C16H30O8. The molecule has 8 heteroatoms. The number of carbonyl (C=O) groups is 2. The standard InChI is InChI=1S/C16H30O8/c1-4-5-14(15(17)23-12-10-21-8-6-19-2)16(18)24-13-11-22-9-7-20-3/h14H,4-13H2,1-3H3. The predicted molar refractivity (Wildman–Crippen MR) is 85.7 cm³/mol. The molecule has 0 radical (unpaired) electrons. The molecule has 0 fully saturated rings. The fourth-order valence-corrected chi connectivity index (χ4v) is 1.71. The van der Waals surface area contributed by atoms with E-state index < -0.39 is 17.9 Å². The Kier molecular flexibility index (Phi) is 15.8. The molecule has 0 amide bonds. The fraction of sp³-hybridized carbons (Fsp3) is 0.875. The Hall–Kier alpha value is -1.22. The molecule has 0 aliphatic rings. The van der Waals surface area contributed by atoms with Gasteiger partial charge < -0.3 is 28.4 Å². The first-order valence-corrected chi connectivity index (χ1v) is 8.14. The summed E-state index contributed by atoms with van der Waals surface area (Å²) >= 11 is 0. The van der Waals surface area contributed by atoms with Gasteiger partial charge in [-0.15, -0.1) is 0 Å². The van der Waals surface area contributed by atoms with Crippen molar-refractivity contribution in [2.75, 3.05) is 67.1 Å². The molecule has 0 heterocycles. The van der Waals surface area contributed by atoms with E-state index in [1.165, 1.54) is 0 Å². The van der Waals surface area contributed by atoms with Crippen LogP contribution in [0.3, 0.4) is 0 Å². The van der Waals surface area contributed by atoms with Crippen molar-refractivity contribution in [3.63, 3.8) is 0 Å². The highest BCUT2D eigenvalue weighted by atomic mass is 16.6. The highest BCUT2D eigenvalue weighted by Gasteiger charge is 2.28. The van der Waals surface area contributed by atoms with Crippen LogP contribution in [0.25, 0.3) is 0 Å². The lowest BCUT2D eigenvalue weighted by Gasteiger charge is -2.15. The van der Waals surface area contributed by atoms with Gasteiger partial charge in [0.05, 0.1) is 39.6 Å². The smallest absolute Gasteiger partial charge is 0.320 e. The summed E-state index contributed by atoms with van der Waals surface area (Å²) in [7, 11) is 3.15. The Morgan fingerprint density at radius 1 is 0.708 bits per heavy atom. The Morgan fingerprint density at radius 2 is 1.12 bits per heavy atom.